The van der Waals surface area contributed by atoms with Crippen LogP contribution in [0.25, 0.3) is 0 Å². The summed E-state index contributed by atoms with van der Waals surface area (Å²) in [5.41, 5.74) is 1.11. The molecule has 0 aliphatic rings. The zero-order chi connectivity index (χ0) is 23.2. The third-order valence-corrected chi connectivity index (χ3v) is 3.46. The quantitative estimate of drug-likeness (QED) is 0.442. The number of ether oxygens (including phenoxy) is 2. The number of methoxy groups -OCH3 is 1. The lowest BCUT2D eigenvalue weighted by molar-refractivity contribution is -0.122. The minimum atomic E-state index is 0.0256. The number of pyridine rings is 1. The second-order valence-electron chi connectivity index (χ2n) is 6.44. The van der Waals surface area contributed by atoms with Crippen molar-refractivity contribution < 1.29 is 24.2 Å². The SMILES string of the molecule is CC.CCC(=O)NCCOCCO.COc1cc(CCNC(=O)CC(C)C)ccn1. The van der Waals surface area contributed by atoms with Gasteiger partial charge in [-0.1, -0.05) is 34.6 Å². The Balaban J connectivity index is 0. The normalized spacial score (nSPS) is 9.60. The Morgan fingerprint density at radius 1 is 1.13 bits per heavy atom. The van der Waals surface area contributed by atoms with Crippen LogP contribution in [0.4, 0.5) is 0 Å². The van der Waals surface area contributed by atoms with Gasteiger partial charge in [0.2, 0.25) is 17.7 Å². The fraction of sp³-hybridized carbons (Fsp3) is 0.682. The van der Waals surface area contributed by atoms with E-state index in [2.05, 4.69) is 15.6 Å². The van der Waals surface area contributed by atoms with E-state index in [0.717, 1.165) is 12.0 Å². The Labute approximate surface area is 181 Å². The molecule has 0 saturated heterocycles. The molecule has 2 amide bonds. The summed E-state index contributed by atoms with van der Waals surface area (Å²) in [6.07, 6.45) is 3.59. The summed E-state index contributed by atoms with van der Waals surface area (Å²) >= 11 is 0. The fourth-order valence-electron chi connectivity index (χ4n) is 2.06. The molecule has 1 heterocycles. The zero-order valence-electron chi connectivity index (χ0n) is 19.5. The minimum absolute atomic E-state index is 0.0256. The van der Waals surface area contributed by atoms with Crippen molar-refractivity contribution >= 4 is 11.8 Å². The molecule has 30 heavy (non-hydrogen) atoms. The third-order valence-electron chi connectivity index (χ3n) is 3.46. The third kappa shape index (κ3) is 19.1. The lowest BCUT2D eigenvalue weighted by Crippen LogP contribution is -2.26. The summed E-state index contributed by atoms with van der Waals surface area (Å²) in [5, 5.41) is 13.9. The largest absolute Gasteiger partial charge is 0.481 e. The maximum Gasteiger partial charge on any atom is 0.220 e. The number of hydrogen-bond donors (Lipinski definition) is 3. The Morgan fingerprint density at radius 3 is 2.37 bits per heavy atom. The van der Waals surface area contributed by atoms with Gasteiger partial charge in [-0.15, -0.1) is 0 Å². The number of hydrogen-bond acceptors (Lipinski definition) is 6. The smallest absolute Gasteiger partial charge is 0.220 e. The number of aromatic nitrogens is 1. The molecule has 0 aliphatic carbocycles. The molecule has 0 unspecified atom stereocenters. The molecule has 1 aromatic rings. The number of aliphatic hydroxyl groups is 1. The van der Waals surface area contributed by atoms with Crippen molar-refractivity contribution in [1.29, 1.82) is 0 Å². The number of carbonyl (C=O) groups is 2. The van der Waals surface area contributed by atoms with Crippen LogP contribution in [0.2, 0.25) is 0 Å². The molecule has 8 heteroatoms. The average molecular weight is 428 g/mol. The lowest BCUT2D eigenvalue weighted by Gasteiger charge is -2.07. The molecule has 1 aromatic heterocycles. The van der Waals surface area contributed by atoms with E-state index in [0.29, 0.717) is 50.9 Å². The average Bonchev–Trinajstić information content (AvgIpc) is 2.75. The van der Waals surface area contributed by atoms with Crippen molar-refractivity contribution in [2.75, 3.05) is 40.0 Å². The number of rotatable bonds is 12. The van der Waals surface area contributed by atoms with Crippen LogP contribution in [0.3, 0.4) is 0 Å². The molecule has 0 atom stereocenters. The van der Waals surface area contributed by atoms with Gasteiger partial charge in [0.15, 0.2) is 0 Å². The molecule has 0 saturated carbocycles. The molecule has 0 aromatic carbocycles. The highest BCUT2D eigenvalue weighted by molar-refractivity contribution is 5.76. The predicted molar refractivity (Wildman–Crippen MR) is 120 cm³/mol. The summed E-state index contributed by atoms with van der Waals surface area (Å²) in [6, 6.07) is 3.81. The molecule has 0 spiro atoms. The second-order valence-corrected chi connectivity index (χ2v) is 6.44. The van der Waals surface area contributed by atoms with Crippen molar-refractivity contribution in [3.63, 3.8) is 0 Å². The predicted octanol–water partition coefficient (Wildman–Crippen LogP) is 2.34. The summed E-state index contributed by atoms with van der Waals surface area (Å²) < 4.78 is 9.95. The molecule has 0 radical (unpaired) electrons. The van der Waals surface area contributed by atoms with E-state index in [1.165, 1.54) is 0 Å². The van der Waals surface area contributed by atoms with Gasteiger partial charge in [0.05, 0.1) is 26.9 Å². The monoisotopic (exact) mass is 427 g/mol. The van der Waals surface area contributed by atoms with Crippen molar-refractivity contribution in [2.45, 2.75) is 53.9 Å². The highest BCUT2D eigenvalue weighted by Crippen LogP contribution is 2.08. The first-order valence-corrected chi connectivity index (χ1v) is 10.6. The van der Waals surface area contributed by atoms with Crippen LogP contribution in [0.1, 0.15) is 53.0 Å². The summed E-state index contributed by atoms with van der Waals surface area (Å²) in [7, 11) is 1.59. The Kier molecular flexibility index (Phi) is 21.5. The number of aliphatic hydroxyl groups excluding tert-OH is 1. The molecule has 0 bridgehead atoms. The van der Waals surface area contributed by atoms with Crippen LogP contribution in [0, 0.1) is 5.92 Å². The Bertz CT molecular complexity index is 553. The van der Waals surface area contributed by atoms with Gasteiger partial charge in [0.25, 0.3) is 0 Å². The first kappa shape index (κ1) is 30.0. The molecule has 8 nitrogen and oxygen atoms in total. The Morgan fingerprint density at radius 2 is 1.80 bits per heavy atom. The first-order chi connectivity index (χ1) is 14.4. The van der Waals surface area contributed by atoms with Crippen LogP contribution in [0.5, 0.6) is 5.88 Å². The highest BCUT2D eigenvalue weighted by atomic mass is 16.5. The van der Waals surface area contributed by atoms with E-state index in [4.69, 9.17) is 14.6 Å². The van der Waals surface area contributed by atoms with Crippen molar-refractivity contribution in [3.05, 3.63) is 23.9 Å². The van der Waals surface area contributed by atoms with Crippen LogP contribution in [-0.2, 0) is 20.7 Å². The minimum Gasteiger partial charge on any atom is -0.481 e. The standard InChI is InChI=1S/C13H20N2O2.C7H15NO3.C2H6/c1-10(2)8-12(16)14-6-4-11-5-7-15-13(9-11)17-3;1-2-7(10)8-3-5-11-6-4-9;1-2/h5,7,9-10H,4,6,8H2,1-3H3,(H,14,16);9H,2-6H2,1H3,(H,8,10);1-2H3. The van der Waals surface area contributed by atoms with E-state index in [1.807, 2.05) is 39.8 Å². The van der Waals surface area contributed by atoms with Gasteiger partial charge < -0.3 is 25.2 Å². The van der Waals surface area contributed by atoms with E-state index < -0.39 is 0 Å². The van der Waals surface area contributed by atoms with E-state index >= 15 is 0 Å². The molecule has 1 rings (SSSR count). The molecule has 3 N–H and O–H groups in total. The molecule has 0 fully saturated rings. The van der Waals surface area contributed by atoms with Gasteiger partial charge in [-0.3, -0.25) is 9.59 Å². The van der Waals surface area contributed by atoms with E-state index in [9.17, 15) is 9.59 Å². The number of amides is 2. The highest BCUT2D eigenvalue weighted by Gasteiger charge is 2.04. The first-order valence-electron chi connectivity index (χ1n) is 10.6. The Hall–Kier alpha value is -2.19. The van der Waals surface area contributed by atoms with E-state index in [1.54, 1.807) is 20.2 Å². The summed E-state index contributed by atoms with van der Waals surface area (Å²) in [5.74, 6) is 1.14. The van der Waals surface area contributed by atoms with Gasteiger partial charge in [-0.25, -0.2) is 4.98 Å². The van der Waals surface area contributed by atoms with Crippen molar-refractivity contribution in [1.82, 2.24) is 15.6 Å². The maximum atomic E-state index is 11.4. The van der Waals surface area contributed by atoms with Crippen molar-refractivity contribution in [3.8, 4) is 5.88 Å². The second kappa shape index (κ2) is 21.5. The molecular formula is C22H41N3O5. The van der Waals surface area contributed by atoms with Gasteiger partial charge >= 0.3 is 0 Å². The lowest BCUT2D eigenvalue weighted by atomic mass is 10.1. The summed E-state index contributed by atoms with van der Waals surface area (Å²) in [4.78, 5) is 26.1. The zero-order valence-corrected chi connectivity index (χ0v) is 19.5. The van der Waals surface area contributed by atoms with Gasteiger partial charge in [0.1, 0.15) is 0 Å². The van der Waals surface area contributed by atoms with Gasteiger partial charge in [-0.2, -0.15) is 0 Å². The molecular weight excluding hydrogens is 386 g/mol. The van der Waals surface area contributed by atoms with Gasteiger partial charge in [-0.05, 0) is 24.0 Å². The van der Waals surface area contributed by atoms with Crippen LogP contribution in [0.15, 0.2) is 18.3 Å². The number of carbonyl (C=O) groups excluding carboxylic acids is 2. The van der Waals surface area contributed by atoms with Crippen molar-refractivity contribution in [2.24, 2.45) is 5.92 Å². The summed E-state index contributed by atoms with van der Waals surface area (Å²) in [6.45, 7) is 11.9. The van der Waals surface area contributed by atoms with Crippen LogP contribution >= 0.6 is 0 Å². The topological polar surface area (TPSA) is 110 Å². The van der Waals surface area contributed by atoms with E-state index in [-0.39, 0.29) is 18.4 Å². The molecule has 174 valence electrons. The van der Waals surface area contributed by atoms with Crippen LogP contribution in [-0.4, -0.2) is 61.9 Å². The number of nitrogens with zero attached hydrogens (tertiary/aromatic N) is 1. The maximum absolute atomic E-state index is 11.4. The fourth-order valence-corrected chi connectivity index (χ4v) is 2.06. The van der Waals surface area contributed by atoms with Gasteiger partial charge in [0, 0.05) is 38.2 Å². The number of nitrogens with one attached hydrogen (secondary N) is 2. The van der Waals surface area contributed by atoms with Crippen LogP contribution < -0.4 is 15.4 Å². The molecule has 0 aliphatic heterocycles.